The van der Waals surface area contributed by atoms with E-state index in [0.29, 0.717) is 0 Å². The number of aliphatic hydroxyl groups excluding tert-OH is 1. The Kier molecular flexibility index (Phi) is 2.74. The van der Waals surface area contributed by atoms with Crippen molar-refractivity contribution in [1.29, 1.82) is 5.26 Å². The molecular formula is C10H13NOS. The van der Waals surface area contributed by atoms with E-state index in [9.17, 15) is 5.11 Å². The number of aliphatic hydroxyl groups is 1. The lowest BCUT2D eigenvalue weighted by Gasteiger charge is -2.21. The van der Waals surface area contributed by atoms with Crippen LogP contribution in [0.3, 0.4) is 0 Å². The third-order valence-corrected chi connectivity index (χ3v) is 2.92. The van der Waals surface area contributed by atoms with Crippen LogP contribution in [0.5, 0.6) is 0 Å². The summed E-state index contributed by atoms with van der Waals surface area (Å²) >= 11 is 1.59. The summed E-state index contributed by atoms with van der Waals surface area (Å²) in [5.41, 5.74) is 0.127. The summed E-state index contributed by atoms with van der Waals surface area (Å²) in [6, 6.07) is 4.03. The molecular weight excluding hydrogens is 182 g/mol. The molecule has 1 rings (SSSR count). The quantitative estimate of drug-likeness (QED) is 0.788. The Labute approximate surface area is 82.4 Å². The topological polar surface area (TPSA) is 44.0 Å². The smallest absolute Gasteiger partial charge is 0.0978 e. The second kappa shape index (κ2) is 3.49. The van der Waals surface area contributed by atoms with Gasteiger partial charge in [-0.1, -0.05) is 0 Å². The highest BCUT2D eigenvalue weighted by Crippen LogP contribution is 2.34. The lowest BCUT2D eigenvalue weighted by molar-refractivity contribution is 0.0871. The van der Waals surface area contributed by atoms with Crippen molar-refractivity contribution < 1.29 is 5.11 Å². The van der Waals surface area contributed by atoms with Gasteiger partial charge in [0.15, 0.2) is 0 Å². The number of rotatable bonds is 2. The molecule has 0 amide bonds. The summed E-state index contributed by atoms with van der Waals surface area (Å²) in [5.74, 6) is 0. The first-order chi connectivity index (χ1) is 5.97. The first-order valence-electron chi connectivity index (χ1n) is 4.12. The Bertz CT molecular complexity index is 335. The second-order valence-electron chi connectivity index (χ2n) is 3.73. The average Bonchev–Trinajstić information content (AvgIpc) is 2.50. The molecule has 0 fully saturated rings. The van der Waals surface area contributed by atoms with Gasteiger partial charge in [0, 0.05) is 4.88 Å². The summed E-state index contributed by atoms with van der Waals surface area (Å²) in [7, 11) is 0. The van der Waals surface area contributed by atoms with E-state index in [-0.39, 0.29) is 0 Å². The third-order valence-electron chi connectivity index (χ3n) is 2.04. The maximum Gasteiger partial charge on any atom is 0.0978 e. The van der Waals surface area contributed by atoms with E-state index in [4.69, 9.17) is 5.26 Å². The van der Waals surface area contributed by atoms with Gasteiger partial charge < -0.3 is 5.11 Å². The minimum absolute atomic E-state index is 0.692. The predicted molar refractivity (Wildman–Crippen MR) is 53.4 cm³/mol. The molecule has 0 aliphatic heterocycles. The molecule has 1 aromatic rings. The lowest BCUT2D eigenvalue weighted by Crippen LogP contribution is -2.19. The van der Waals surface area contributed by atoms with Crippen LogP contribution >= 0.6 is 11.3 Å². The molecule has 2 nitrogen and oxygen atoms in total. The zero-order valence-electron chi connectivity index (χ0n) is 8.03. The van der Waals surface area contributed by atoms with E-state index in [1.165, 1.54) is 0 Å². The van der Waals surface area contributed by atoms with Gasteiger partial charge in [-0.2, -0.15) is 5.26 Å². The molecule has 0 spiro atoms. The molecule has 0 saturated heterocycles. The summed E-state index contributed by atoms with van der Waals surface area (Å²) in [5, 5.41) is 20.6. The predicted octanol–water partition coefficient (Wildman–Crippen LogP) is 2.64. The van der Waals surface area contributed by atoms with Gasteiger partial charge in [-0.05, 0) is 37.8 Å². The molecule has 1 atom stereocenters. The normalized spacial score (nSPS) is 13.8. The van der Waals surface area contributed by atoms with Gasteiger partial charge in [-0.15, -0.1) is 11.3 Å². The molecule has 0 aromatic carbocycles. The van der Waals surface area contributed by atoms with E-state index in [0.717, 1.165) is 10.4 Å². The summed E-state index contributed by atoms with van der Waals surface area (Å²) in [6.45, 7) is 5.47. The minimum atomic E-state index is -0.715. The fraction of sp³-hybridized carbons (Fsp3) is 0.500. The fourth-order valence-electron chi connectivity index (χ4n) is 1.08. The Hall–Kier alpha value is -0.850. The van der Waals surface area contributed by atoms with Crippen LogP contribution in [0, 0.1) is 23.7 Å². The maximum atomic E-state index is 9.85. The molecule has 0 radical (unpaired) electrons. The SMILES string of the molecule is Cc1cc(C(O)C(C)(C)C#N)cs1. The van der Waals surface area contributed by atoms with Crippen LogP contribution in [0.2, 0.25) is 0 Å². The lowest BCUT2D eigenvalue weighted by atomic mass is 9.85. The van der Waals surface area contributed by atoms with Gasteiger partial charge >= 0.3 is 0 Å². The van der Waals surface area contributed by atoms with Crippen LogP contribution in [0.1, 0.15) is 30.4 Å². The molecule has 1 unspecified atom stereocenters. The number of nitrogens with zero attached hydrogens (tertiary/aromatic N) is 1. The van der Waals surface area contributed by atoms with Crippen LogP contribution in [0.25, 0.3) is 0 Å². The number of nitriles is 1. The zero-order valence-corrected chi connectivity index (χ0v) is 8.85. The van der Waals surface area contributed by atoms with E-state index in [1.54, 1.807) is 25.2 Å². The van der Waals surface area contributed by atoms with E-state index in [1.807, 2.05) is 18.4 Å². The highest BCUT2D eigenvalue weighted by molar-refractivity contribution is 7.10. The molecule has 1 heterocycles. The Morgan fingerprint density at radius 3 is 2.62 bits per heavy atom. The average molecular weight is 195 g/mol. The van der Waals surface area contributed by atoms with Gasteiger partial charge in [-0.3, -0.25) is 0 Å². The minimum Gasteiger partial charge on any atom is -0.387 e. The maximum absolute atomic E-state index is 9.85. The standard InChI is InChI=1S/C10H13NOS/c1-7-4-8(5-13-7)9(12)10(2,3)6-11/h4-5,9,12H,1-3H3. The van der Waals surface area contributed by atoms with E-state index >= 15 is 0 Å². The molecule has 70 valence electrons. The fourth-order valence-corrected chi connectivity index (χ4v) is 1.81. The third kappa shape index (κ3) is 2.09. The first kappa shape index (κ1) is 10.2. The Morgan fingerprint density at radius 2 is 2.23 bits per heavy atom. The van der Waals surface area contributed by atoms with Crippen molar-refractivity contribution in [2.75, 3.05) is 0 Å². The van der Waals surface area contributed by atoms with Crippen molar-refractivity contribution in [2.45, 2.75) is 26.9 Å². The van der Waals surface area contributed by atoms with Crippen molar-refractivity contribution in [3.05, 3.63) is 21.9 Å². The monoisotopic (exact) mass is 195 g/mol. The number of hydrogen-bond acceptors (Lipinski definition) is 3. The highest BCUT2D eigenvalue weighted by Gasteiger charge is 2.29. The van der Waals surface area contributed by atoms with Crippen molar-refractivity contribution in [3.63, 3.8) is 0 Å². The van der Waals surface area contributed by atoms with E-state index in [2.05, 4.69) is 6.07 Å². The van der Waals surface area contributed by atoms with Crippen molar-refractivity contribution in [1.82, 2.24) is 0 Å². The number of aryl methyl sites for hydroxylation is 1. The van der Waals surface area contributed by atoms with Crippen LogP contribution in [-0.4, -0.2) is 5.11 Å². The van der Waals surface area contributed by atoms with Crippen molar-refractivity contribution >= 4 is 11.3 Å². The Balaban J connectivity index is 2.92. The molecule has 0 aliphatic carbocycles. The zero-order chi connectivity index (χ0) is 10.1. The molecule has 1 aromatic heterocycles. The summed E-state index contributed by atoms with van der Waals surface area (Å²) in [4.78, 5) is 1.16. The molecule has 0 saturated carbocycles. The first-order valence-corrected chi connectivity index (χ1v) is 4.99. The molecule has 3 heteroatoms. The molecule has 1 N–H and O–H groups in total. The van der Waals surface area contributed by atoms with Gasteiger partial charge in [0.05, 0.1) is 17.6 Å². The van der Waals surface area contributed by atoms with Crippen LogP contribution in [0.15, 0.2) is 11.4 Å². The van der Waals surface area contributed by atoms with Gasteiger partial charge in [-0.25, -0.2) is 0 Å². The largest absolute Gasteiger partial charge is 0.387 e. The van der Waals surface area contributed by atoms with Crippen LogP contribution in [0.4, 0.5) is 0 Å². The second-order valence-corrected chi connectivity index (χ2v) is 4.84. The molecule has 0 aliphatic rings. The van der Waals surface area contributed by atoms with E-state index < -0.39 is 11.5 Å². The van der Waals surface area contributed by atoms with Crippen molar-refractivity contribution in [3.8, 4) is 6.07 Å². The summed E-state index contributed by atoms with van der Waals surface area (Å²) in [6.07, 6.45) is -0.692. The van der Waals surface area contributed by atoms with Crippen LogP contribution < -0.4 is 0 Å². The highest BCUT2D eigenvalue weighted by atomic mass is 32.1. The summed E-state index contributed by atoms with van der Waals surface area (Å²) < 4.78 is 0. The van der Waals surface area contributed by atoms with Gasteiger partial charge in [0.25, 0.3) is 0 Å². The van der Waals surface area contributed by atoms with Crippen molar-refractivity contribution in [2.24, 2.45) is 5.41 Å². The Morgan fingerprint density at radius 1 is 1.62 bits per heavy atom. The molecule has 0 bridgehead atoms. The van der Waals surface area contributed by atoms with Crippen LogP contribution in [-0.2, 0) is 0 Å². The molecule has 13 heavy (non-hydrogen) atoms. The van der Waals surface area contributed by atoms with Gasteiger partial charge in [0.1, 0.15) is 0 Å². The number of hydrogen-bond donors (Lipinski definition) is 1. The number of thiophene rings is 1. The van der Waals surface area contributed by atoms with Gasteiger partial charge in [0.2, 0.25) is 0 Å².